The molecule has 1 aromatic rings. The average Bonchev–Trinajstić information content (AvgIpc) is 2.29. The maximum atomic E-state index is 11.7. The number of pyridine rings is 1. The number of methoxy groups -OCH3 is 1. The van der Waals surface area contributed by atoms with Gasteiger partial charge in [0.2, 0.25) is 0 Å². The molecule has 8 heteroatoms. The number of aromatic nitrogens is 1. The number of carbonyl (C=O) groups is 1. The van der Waals surface area contributed by atoms with Crippen LogP contribution in [0.2, 0.25) is 0 Å². The first-order chi connectivity index (χ1) is 7.88. The number of hydrogen-bond acceptors (Lipinski definition) is 5. The highest BCUT2D eigenvalue weighted by Crippen LogP contribution is 2.22. The first-order valence-corrected chi connectivity index (χ1v) is 5.28. The Labute approximate surface area is 104 Å². The number of nitrogens with zero attached hydrogens (tertiary/aromatic N) is 2. The van der Waals surface area contributed by atoms with E-state index in [1.54, 1.807) is 0 Å². The molecule has 0 amide bonds. The average molecular weight is 305 g/mol. The van der Waals surface area contributed by atoms with Crippen molar-refractivity contribution in [1.29, 1.82) is 0 Å². The zero-order chi connectivity index (χ0) is 13.2. The highest BCUT2D eigenvalue weighted by atomic mass is 79.9. The van der Waals surface area contributed by atoms with Crippen molar-refractivity contribution in [3.63, 3.8) is 0 Å². The molecule has 0 unspecified atom stereocenters. The van der Waals surface area contributed by atoms with Gasteiger partial charge in [-0.3, -0.25) is 24.3 Å². The summed E-state index contributed by atoms with van der Waals surface area (Å²) in [5.74, 6) is -0.655. The quantitative estimate of drug-likeness (QED) is 0.472. The Bertz CT molecular complexity index is 537. The van der Waals surface area contributed by atoms with Crippen LogP contribution in [0.3, 0.4) is 0 Å². The number of carbonyl (C=O) groups excluding carboxylic acids is 1. The van der Waals surface area contributed by atoms with Gasteiger partial charge >= 0.3 is 5.97 Å². The monoisotopic (exact) mass is 304 g/mol. The summed E-state index contributed by atoms with van der Waals surface area (Å²) < 4.78 is 5.39. The molecule has 0 aliphatic rings. The Balaban J connectivity index is 3.37. The van der Waals surface area contributed by atoms with E-state index in [2.05, 4.69) is 20.7 Å². The molecule has 92 valence electrons. The summed E-state index contributed by atoms with van der Waals surface area (Å²) in [5.41, 5.74) is -0.528. The number of ether oxygens (including phenoxy) is 1. The van der Waals surface area contributed by atoms with Crippen molar-refractivity contribution >= 4 is 27.6 Å². The summed E-state index contributed by atoms with van der Waals surface area (Å²) >= 11 is 2.97. The summed E-state index contributed by atoms with van der Waals surface area (Å²) in [4.78, 5) is 32.9. The van der Waals surface area contributed by atoms with Crippen LogP contribution in [0.1, 0.15) is 5.56 Å². The summed E-state index contributed by atoms with van der Waals surface area (Å²) in [6.07, 6.45) is 1.03. The number of hydrogen-bond donors (Lipinski definition) is 0. The smallest absolute Gasteiger partial charge is 0.325 e. The van der Waals surface area contributed by atoms with Crippen LogP contribution in [-0.2, 0) is 16.1 Å². The standard InChI is InChI=1S/C9H9BrN2O5/c1-5-6(12(15)16)3-11(4-7(13)17-2)9(14)8(5)10/h3H,4H2,1-2H3. The Morgan fingerprint density at radius 2 is 2.24 bits per heavy atom. The molecule has 0 fully saturated rings. The van der Waals surface area contributed by atoms with Crippen molar-refractivity contribution in [2.45, 2.75) is 13.5 Å². The fourth-order valence-electron chi connectivity index (χ4n) is 1.21. The van der Waals surface area contributed by atoms with Gasteiger partial charge in [0.05, 0.1) is 22.7 Å². The van der Waals surface area contributed by atoms with Crippen LogP contribution in [-0.4, -0.2) is 22.6 Å². The molecule has 0 N–H and O–H groups in total. The first kappa shape index (κ1) is 13.4. The van der Waals surface area contributed by atoms with Crippen LogP contribution < -0.4 is 5.56 Å². The molecular weight excluding hydrogens is 296 g/mol. The molecule has 0 saturated carbocycles. The zero-order valence-corrected chi connectivity index (χ0v) is 10.7. The van der Waals surface area contributed by atoms with E-state index >= 15 is 0 Å². The fraction of sp³-hybridized carbons (Fsp3) is 0.333. The third-order valence-electron chi connectivity index (χ3n) is 2.16. The van der Waals surface area contributed by atoms with Crippen molar-refractivity contribution in [3.05, 3.63) is 36.7 Å². The third-order valence-corrected chi connectivity index (χ3v) is 3.10. The van der Waals surface area contributed by atoms with Gasteiger partial charge in [-0.25, -0.2) is 0 Å². The molecule has 0 spiro atoms. The normalized spacial score (nSPS) is 10.1. The topological polar surface area (TPSA) is 91.4 Å². The van der Waals surface area contributed by atoms with Crippen LogP contribution in [0.4, 0.5) is 5.69 Å². The number of rotatable bonds is 3. The Morgan fingerprint density at radius 1 is 1.65 bits per heavy atom. The largest absolute Gasteiger partial charge is 0.468 e. The van der Waals surface area contributed by atoms with E-state index < -0.39 is 16.5 Å². The third kappa shape index (κ3) is 2.70. The van der Waals surface area contributed by atoms with E-state index in [1.807, 2.05) is 0 Å². The molecule has 0 atom stereocenters. The van der Waals surface area contributed by atoms with Crippen molar-refractivity contribution in [2.75, 3.05) is 7.11 Å². The molecule has 1 heterocycles. The molecule has 0 aromatic carbocycles. The van der Waals surface area contributed by atoms with Gasteiger partial charge in [-0.15, -0.1) is 0 Å². The van der Waals surface area contributed by atoms with Crippen LogP contribution in [0.5, 0.6) is 0 Å². The van der Waals surface area contributed by atoms with E-state index in [0.717, 1.165) is 10.8 Å². The van der Waals surface area contributed by atoms with Gasteiger partial charge in [0.1, 0.15) is 6.54 Å². The van der Waals surface area contributed by atoms with Crippen molar-refractivity contribution in [3.8, 4) is 0 Å². The van der Waals surface area contributed by atoms with Gasteiger partial charge in [0.25, 0.3) is 11.2 Å². The minimum absolute atomic E-state index is 0.0654. The minimum atomic E-state index is -0.655. The van der Waals surface area contributed by atoms with Gasteiger partial charge in [-0.05, 0) is 22.9 Å². The van der Waals surface area contributed by atoms with Crippen molar-refractivity contribution in [2.24, 2.45) is 0 Å². The lowest BCUT2D eigenvalue weighted by Crippen LogP contribution is -2.26. The molecular formula is C9H9BrN2O5. The van der Waals surface area contributed by atoms with Gasteiger partial charge in [0, 0.05) is 5.56 Å². The summed E-state index contributed by atoms with van der Waals surface area (Å²) in [5, 5.41) is 10.7. The van der Waals surface area contributed by atoms with E-state index in [9.17, 15) is 19.7 Å². The number of esters is 1. The summed E-state index contributed by atoms with van der Waals surface area (Å²) in [6.45, 7) is 1.08. The molecule has 7 nitrogen and oxygen atoms in total. The van der Waals surface area contributed by atoms with Gasteiger partial charge in [0.15, 0.2) is 0 Å². The maximum Gasteiger partial charge on any atom is 0.325 e. The summed E-state index contributed by atoms with van der Waals surface area (Å²) in [7, 11) is 1.17. The SMILES string of the molecule is COC(=O)Cn1cc([N+](=O)[O-])c(C)c(Br)c1=O. The first-order valence-electron chi connectivity index (χ1n) is 4.49. The Morgan fingerprint density at radius 3 is 2.71 bits per heavy atom. The summed E-state index contributed by atoms with van der Waals surface area (Å²) in [6, 6.07) is 0. The molecule has 0 bridgehead atoms. The van der Waals surface area contributed by atoms with Crippen molar-refractivity contribution < 1.29 is 14.5 Å². The van der Waals surface area contributed by atoms with Crippen LogP contribution in [0.15, 0.2) is 15.5 Å². The number of nitro groups is 1. The second-order valence-corrected chi connectivity index (χ2v) is 4.01. The second-order valence-electron chi connectivity index (χ2n) is 3.22. The molecule has 0 radical (unpaired) electrons. The molecule has 17 heavy (non-hydrogen) atoms. The second kappa shape index (κ2) is 5.09. The van der Waals surface area contributed by atoms with E-state index in [4.69, 9.17) is 0 Å². The highest BCUT2D eigenvalue weighted by molar-refractivity contribution is 9.10. The van der Waals surface area contributed by atoms with Gasteiger partial charge < -0.3 is 4.74 Å². The van der Waals surface area contributed by atoms with Crippen LogP contribution in [0.25, 0.3) is 0 Å². The Kier molecular flexibility index (Phi) is 4.00. The van der Waals surface area contributed by atoms with E-state index in [0.29, 0.717) is 0 Å². The zero-order valence-electron chi connectivity index (χ0n) is 9.10. The molecule has 1 aromatic heterocycles. The van der Waals surface area contributed by atoms with E-state index in [-0.39, 0.29) is 22.3 Å². The lowest BCUT2D eigenvalue weighted by Gasteiger charge is -2.07. The predicted octanol–water partition coefficient (Wildman–Crippen LogP) is 1.00. The Hall–Kier alpha value is -1.70. The fourth-order valence-corrected chi connectivity index (χ4v) is 1.64. The molecule has 1 rings (SSSR count). The lowest BCUT2D eigenvalue weighted by molar-refractivity contribution is -0.386. The van der Waals surface area contributed by atoms with Gasteiger partial charge in [-0.2, -0.15) is 0 Å². The molecule has 0 aliphatic carbocycles. The van der Waals surface area contributed by atoms with Crippen molar-refractivity contribution in [1.82, 2.24) is 4.57 Å². The highest BCUT2D eigenvalue weighted by Gasteiger charge is 2.19. The number of halogens is 1. The predicted molar refractivity (Wildman–Crippen MR) is 61.8 cm³/mol. The van der Waals surface area contributed by atoms with Crippen LogP contribution >= 0.6 is 15.9 Å². The van der Waals surface area contributed by atoms with Gasteiger partial charge in [-0.1, -0.05) is 0 Å². The molecule has 0 saturated heterocycles. The molecule has 0 aliphatic heterocycles. The maximum absolute atomic E-state index is 11.7. The van der Waals surface area contributed by atoms with Crippen LogP contribution in [0, 0.1) is 17.0 Å². The minimum Gasteiger partial charge on any atom is -0.468 e. The lowest BCUT2D eigenvalue weighted by atomic mass is 10.2. The van der Waals surface area contributed by atoms with E-state index in [1.165, 1.54) is 14.0 Å².